The van der Waals surface area contributed by atoms with Gasteiger partial charge in [-0.1, -0.05) is 42.5 Å². The van der Waals surface area contributed by atoms with E-state index in [9.17, 15) is 5.11 Å². The fraction of sp³-hybridized carbons (Fsp3) is 0.211. The van der Waals surface area contributed by atoms with Gasteiger partial charge in [0.2, 0.25) is 0 Å². The lowest BCUT2D eigenvalue weighted by Crippen LogP contribution is -2.24. The lowest BCUT2D eigenvalue weighted by Gasteiger charge is -2.18. The molecule has 0 amide bonds. The second kappa shape index (κ2) is 6.69. The van der Waals surface area contributed by atoms with E-state index in [0.717, 1.165) is 16.5 Å². The van der Waals surface area contributed by atoms with Crippen LogP contribution in [0.1, 0.15) is 30.2 Å². The normalized spacial score (nSPS) is 13.9. The molecule has 0 aliphatic carbocycles. The van der Waals surface area contributed by atoms with Crippen LogP contribution in [0, 0.1) is 0 Å². The second-order valence-corrected chi connectivity index (χ2v) is 5.54. The standard InChI is InChI=1S/C19H20N2O/c1-14(18-7-4-10-20-12-18)21-13-19(22)17-9-8-15-5-2-3-6-16(15)11-17/h2-12,14,19,21-22H,13H2,1H3. The Morgan fingerprint density at radius 2 is 1.82 bits per heavy atom. The minimum Gasteiger partial charge on any atom is -0.387 e. The first-order chi connectivity index (χ1) is 10.7. The number of hydrogen-bond acceptors (Lipinski definition) is 3. The van der Waals surface area contributed by atoms with Gasteiger partial charge in [-0.15, -0.1) is 0 Å². The lowest BCUT2D eigenvalue weighted by molar-refractivity contribution is 0.171. The van der Waals surface area contributed by atoms with Gasteiger partial charge in [-0.05, 0) is 41.0 Å². The predicted molar refractivity (Wildman–Crippen MR) is 89.6 cm³/mol. The van der Waals surface area contributed by atoms with E-state index >= 15 is 0 Å². The second-order valence-electron chi connectivity index (χ2n) is 5.54. The fourth-order valence-electron chi connectivity index (χ4n) is 2.57. The molecular weight excluding hydrogens is 272 g/mol. The molecule has 1 aromatic heterocycles. The number of aromatic nitrogens is 1. The maximum absolute atomic E-state index is 10.4. The molecule has 22 heavy (non-hydrogen) atoms. The van der Waals surface area contributed by atoms with Crippen LogP contribution in [-0.2, 0) is 0 Å². The van der Waals surface area contributed by atoms with Crippen molar-refractivity contribution in [3.8, 4) is 0 Å². The third-order valence-electron chi connectivity index (χ3n) is 3.96. The van der Waals surface area contributed by atoms with Crippen LogP contribution < -0.4 is 5.32 Å². The van der Waals surface area contributed by atoms with Crippen LogP contribution in [0.25, 0.3) is 10.8 Å². The van der Waals surface area contributed by atoms with E-state index in [0.29, 0.717) is 6.54 Å². The van der Waals surface area contributed by atoms with Gasteiger partial charge < -0.3 is 10.4 Å². The first-order valence-corrected chi connectivity index (χ1v) is 7.54. The Kier molecular flexibility index (Phi) is 4.47. The SMILES string of the molecule is CC(NCC(O)c1ccc2ccccc2c1)c1cccnc1. The van der Waals surface area contributed by atoms with Crippen molar-refractivity contribution < 1.29 is 5.11 Å². The topological polar surface area (TPSA) is 45.1 Å². The zero-order chi connectivity index (χ0) is 15.4. The summed E-state index contributed by atoms with van der Waals surface area (Å²) >= 11 is 0. The summed E-state index contributed by atoms with van der Waals surface area (Å²) in [6.45, 7) is 2.58. The first kappa shape index (κ1) is 14.7. The average Bonchev–Trinajstić information content (AvgIpc) is 2.59. The number of hydrogen-bond donors (Lipinski definition) is 2. The van der Waals surface area contributed by atoms with Gasteiger partial charge >= 0.3 is 0 Å². The van der Waals surface area contributed by atoms with Crippen LogP contribution in [-0.4, -0.2) is 16.6 Å². The molecule has 0 saturated heterocycles. The number of aliphatic hydroxyl groups excluding tert-OH is 1. The third-order valence-corrected chi connectivity index (χ3v) is 3.96. The van der Waals surface area contributed by atoms with Gasteiger partial charge in [0.05, 0.1) is 6.10 Å². The van der Waals surface area contributed by atoms with Crippen LogP contribution in [0.5, 0.6) is 0 Å². The van der Waals surface area contributed by atoms with Crippen LogP contribution >= 0.6 is 0 Å². The number of rotatable bonds is 5. The van der Waals surface area contributed by atoms with E-state index in [2.05, 4.69) is 41.5 Å². The van der Waals surface area contributed by atoms with E-state index in [1.165, 1.54) is 5.39 Å². The van der Waals surface area contributed by atoms with Gasteiger partial charge in [0, 0.05) is 25.0 Å². The molecule has 2 unspecified atom stereocenters. The number of aliphatic hydroxyl groups is 1. The van der Waals surface area contributed by atoms with Crippen LogP contribution in [0.3, 0.4) is 0 Å². The number of benzene rings is 2. The molecule has 2 N–H and O–H groups in total. The van der Waals surface area contributed by atoms with Crippen molar-refractivity contribution in [3.05, 3.63) is 78.1 Å². The van der Waals surface area contributed by atoms with Gasteiger partial charge in [-0.2, -0.15) is 0 Å². The van der Waals surface area contributed by atoms with E-state index in [1.807, 2.05) is 36.5 Å². The number of fused-ring (bicyclic) bond motifs is 1. The summed E-state index contributed by atoms with van der Waals surface area (Å²) in [6, 6.07) is 18.4. The van der Waals surface area contributed by atoms with Gasteiger partial charge in [-0.25, -0.2) is 0 Å². The molecule has 3 rings (SSSR count). The molecule has 2 aromatic carbocycles. The van der Waals surface area contributed by atoms with Crippen molar-refractivity contribution >= 4 is 10.8 Å². The quantitative estimate of drug-likeness (QED) is 0.755. The van der Waals surface area contributed by atoms with Crippen LogP contribution in [0.4, 0.5) is 0 Å². The third kappa shape index (κ3) is 3.32. The molecule has 0 bridgehead atoms. The summed E-state index contributed by atoms with van der Waals surface area (Å²) in [4.78, 5) is 4.12. The molecule has 0 radical (unpaired) electrons. The van der Waals surface area contributed by atoms with E-state index in [1.54, 1.807) is 6.20 Å². The maximum atomic E-state index is 10.4. The highest BCUT2D eigenvalue weighted by molar-refractivity contribution is 5.83. The predicted octanol–water partition coefficient (Wildman–Crippen LogP) is 3.62. The van der Waals surface area contributed by atoms with Crippen molar-refractivity contribution in [2.24, 2.45) is 0 Å². The summed E-state index contributed by atoms with van der Waals surface area (Å²) < 4.78 is 0. The lowest BCUT2D eigenvalue weighted by atomic mass is 10.0. The molecule has 0 aliphatic rings. The molecule has 3 nitrogen and oxygen atoms in total. The van der Waals surface area contributed by atoms with Crippen molar-refractivity contribution in [3.63, 3.8) is 0 Å². The van der Waals surface area contributed by atoms with Gasteiger partial charge in [0.15, 0.2) is 0 Å². The van der Waals surface area contributed by atoms with Crippen LogP contribution in [0.15, 0.2) is 67.0 Å². The smallest absolute Gasteiger partial charge is 0.0914 e. The zero-order valence-corrected chi connectivity index (χ0v) is 12.6. The highest BCUT2D eigenvalue weighted by Gasteiger charge is 2.11. The Bertz CT molecular complexity index is 743. The van der Waals surface area contributed by atoms with E-state index < -0.39 is 6.10 Å². The minimum absolute atomic E-state index is 0.156. The Labute approximate surface area is 130 Å². The largest absolute Gasteiger partial charge is 0.387 e. The van der Waals surface area contributed by atoms with Crippen molar-refractivity contribution in [2.75, 3.05) is 6.54 Å². The number of nitrogens with one attached hydrogen (secondary N) is 1. The summed E-state index contributed by atoms with van der Waals surface area (Å²) in [5.41, 5.74) is 2.05. The van der Waals surface area contributed by atoms with E-state index in [4.69, 9.17) is 0 Å². The van der Waals surface area contributed by atoms with Gasteiger partial charge in [0.25, 0.3) is 0 Å². The van der Waals surface area contributed by atoms with E-state index in [-0.39, 0.29) is 6.04 Å². The van der Waals surface area contributed by atoms with Gasteiger partial charge in [-0.3, -0.25) is 4.98 Å². The van der Waals surface area contributed by atoms with Gasteiger partial charge in [0.1, 0.15) is 0 Å². The number of nitrogens with zero attached hydrogens (tertiary/aromatic N) is 1. The molecule has 3 heteroatoms. The average molecular weight is 292 g/mol. The number of pyridine rings is 1. The molecule has 3 aromatic rings. The molecule has 0 fully saturated rings. The van der Waals surface area contributed by atoms with Crippen LogP contribution in [0.2, 0.25) is 0 Å². The summed E-state index contributed by atoms with van der Waals surface area (Å²) in [5, 5.41) is 16.1. The highest BCUT2D eigenvalue weighted by atomic mass is 16.3. The van der Waals surface area contributed by atoms with Crippen molar-refractivity contribution in [1.82, 2.24) is 10.3 Å². The Hall–Kier alpha value is -2.23. The van der Waals surface area contributed by atoms with Crippen molar-refractivity contribution in [2.45, 2.75) is 19.1 Å². The first-order valence-electron chi connectivity index (χ1n) is 7.54. The highest BCUT2D eigenvalue weighted by Crippen LogP contribution is 2.21. The maximum Gasteiger partial charge on any atom is 0.0914 e. The van der Waals surface area contributed by atoms with Crippen molar-refractivity contribution in [1.29, 1.82) is 0 Å². The molecular formula is C19H20N2O. The molecule has 1 heterocycles. The molecule has 112 valence electrons. The Balaban J connectivity index is 1.67. The zero-order valence-electron chi connectivity index (χ0n) is 12.6. The Morgan fingerprint density at radius 1 is 1.00 bits per heavy atom. The fourth-order valence-corrected chi connectivity index (χ4v) is 2.57. The Morgan fingerprint density at radius 3 is 2.59 bits per heavy atom. The molecule has 0 saturated carbocycles. The molecule has 0 aliphatic heterocycles. The summed E-state index contributed by atoms with van der Waals surface area (Å²) in [5.74, 6) is 0. The summed E-state index contributed by atoms with van der Waals surface area (Å²) in [7, 11) is 0. The summed E-state index contributed by atoms with van der Waals surface area (Å²) in [6.07, 6.45) is 3.09. The minimum atomic E-state index is -0.524. The monoisotopic (exact) mass is 292 g/mol. The molecule has 2 atom stereocenters. The molecule has 0 spiro atoms.